The van der Waals surface area contributed by atoms with Gasteiger partial charge in [-0.15, -0.1) is 0 Å². The summed E-state index contributed by atoms with van der Waals surface area (Å²) in [6.07, 6.45) is 0. The molecule has 0 fully saturated rings. The van der Waals surface area contributed by atoms with Gasteiger partial charge < -0.3 is 4.74 Å². The van der Waals surface area contributed by atoms with E-state index in [1.165, 1.54) is 25.8 Å². The Hall–Kier alpha value is -3.40. The van der Waals surface area contributed by atoms with Crippen molar-refractivity contribution in [2.24, 2.45) is 14.1 Å². The van der Waals surface area contributed by atoms with E-state index < -0.39 is 11.2 Å². The van der Waals surface area contributed by atoms with E-state index in [0.29, 0.717) is 0 Å². The summed E-state index contributed by atoms with van der Waals surface area (Å²) in [6.45, 7) is 0. The van der Waals surface area contributed by atoms with Crippen molar-refractivity contribution in [3.05, 3.63) is 62.4 Å². The molecule has 7 nitrogen and oxygen atoms in total. The highest BCUT2D eigenvalue weighted by atomic mass is 16.5. The minimum atomic E-state index is -0.526. The maximum atomic E-state index is 12.2. The first kappa shape index (κ1) is 15.5. The number of ether oxygens (including phenoxy) is 1. The number of methoxy groups -OCH3 is 1. The van der Waals surface area contributed by atoms with Gasteiger partial charge in [-0.05, 0) is 18.1 Å². The summed E-state index contributed by atoms with van der Waals surface area (Å²) in [7, 11) is 4.34. The molecule has 0 radical (unpaired) electrons. The van der Waals surface area contributed by atoms with Gasteiger partial charge in [-0.2, -0.15) is 0 Å². The van der Waals surface area contributed by atoms with Crippen LogP contribution in [0.15, 0.2) is 39.9 Å². The molecule has 0 bridgehead atoms. The number of fused-ring (bicyclic) bond motifs is 1. The van der Waals surface area contributed by atoms with E-state index in [1.807, 2.05) is 30.3 Å². The van der Waals surface area contributed by atoms with E-state index in [0.717, 1.165) is 10.1 Å². The third kappa shape index (κ3) is 2.54. The highest BCUT2D eigenvalue weighted by molar-refractivity contribution is 5.71. The highest BCUT2D eigenvalue weighted by Crippen LogP contribution is 2.14. The Morgan fingerprint density at radius 1 is 1.00 bits per heavy atom. The SMILES string of the molecule is COc1nc2c(=O)n(C)c(=O)n(C)c2nc1C#Cc1ccccc1. The van der Waals surface area contributed by atoms with Crippen LogP contribution >= 0.6 is 0 Å². The highest BCUT2D eigenvalue weighted by Gasteiger charge is 2.15. The molecule has 1 aromatic carbocycles. The van der Waals surface area contributed by atoms with Crippen LogP contribution in [0, 0.1) is 11.8 Å². The van der Waals surface area contributed by atoms with E-state index in [-0.39, 0.29) is 22.7 Å². The second-order valence-corrected chi connectivity index (χ2v) is 5.08. The van der Waals surface area contributed by atoms with Crippen LogP contribution in [-0.4, -0.2) is 26.2 Å². The van der Waals surface area contributed by atoms with Gasteiger partial charge in [0.25, 0.3) is 5.56 Å². The third-order valence-corrected chi connectivity index (χ3v) is 3.54. The molecule has 0 unspecified atom stereocenters. The molecule has 0 N–H and O–H groups in total. The van der Waals surface area contributed by atoms with Crippen LogP contribution in [0.5, 0.6) is 5.88 Å². The summed E-state index contributed by atoms with van der Waals surface area (Å²) in [4.78, 5) is 32.8. The smallest absolute Gasteiger partial charge is 0.332 e. The fourth-order valence-electron chi connectivity index (χ4n) is 2.23. The Morgan fingerprint density at radius 3 is 2.38 bits per heavy atom. The minimum Gasteiger partial charge on any atom is -0.479 e. The van der Waals surface area contributed by atoms with Crippen molar-refractivity contribution < 1.29 is 4.74 Å². The summed E-state index contributed by atoms with van der Waals surface area (Å²) in [5, 5.41) is 0. The molecule has 0 amide bonds. The second-order valence-electron chi connectivity index (χ2n) is 5.08. The molecule has 0 saturated carbocycles. The molecule has 24 heavy (non-hydrogen) atoms. The van der Waals surface area contributed by atoms with Crippen molar-refractivity contribution in [2.45, 2.75) is 0 Å². The Morgan fingerprint density at radius 2 is 1.71 bits per heavy atom. The molecule has 0 spiro atoms. The summed E-state index contributed by atoms with van der Waals surface area (Å²) >= 11 is 0. The number of nitrogens with zero attached hydrogens (tertiary/aromatic N) is 4. The van der Waals surface area contributed by atoms with E-state index in [4.69, 9.17) is 4.74 Å². The lowest BCUT2D eigenvalue weighted by molar-refractivity contribution is 0.395. The molecule has 2 aromatic heterocycles. The van der Waals surface area contributed by atoms with Crippen molar-refractivity contribution in [3.63, 3.8) is 0 Å². The van der Waals surface area contributed by atoms with Crippen molar-refractivity contribution in [3.8, 4) is 17.7 Å². The average Bonchev–Trinajstić information content (AvgIpc) is 2.63. The first-order chi connectivity index (χ1) is 11.5. The largest absolute Gasteiger partial charge is 0.479 e. The lowest BCUT2D eigenvalue weighted by Crippen LogP contribution is -2.37. The number of benzene rings is 1. The van der Waals surface area contributed by atoms with Gasteiger partial charge in [0.15, 0.2) is 16.9 Å². The molecule has 2 heterocycles. The summed E-state index contributed by atoms with van der Waals surface area (Å²) in [5.41, 5.74) is 0.287. The van der Waals surface area contributed by atoms with E-state index in [2.05, 4.69) is 21.8 Å². The average molecular weight is 322 g/mol. The van der Waals surface area contributed by atoms with Crippen LogP contribution in [0.25, 0.3) is 11.2 Å². The molecule has 3 aromatic rings. The zero-order valence-electron chi connectivity index (χ0n) is 13.4. The monoisotopic (exact) mass is 322 g/mol. The molecule has 0 aliphatic heterocycles. The predicted octanol–water partition coefficient (Wildman–Crippen LogP) is 0.436. The molecular formula is C17H14N4O3. The molecule has 3 rings (SSSR count). The molecule has 0 aliphatic rings. The van der Waals surface area contributed by atoms with Gasteiger partial charge in [0, 0.05) is 19.7 Å². The molecule has 0 atom stereocenters. The standard InChI is InChI=1S/C17H14N4O3/c1-20-14-13(16(22)21(2)17(20)23)19-15(24-3)12(18-14)10-9-11-7-5-4-6-8-11/h4-8H,1-3H3. The van der Waals surface area contributed by atoms with Crippen LogP contribution in [0.1, 0.15) is 11.3 Å². The van der Waals surface area contributed by atoms with Gasteiger partial charge >= 0.3 is 5.69 Å². The Bertz CT molecular complexity index is 1100. The minimum absolute atomic E-state index is 0.0571. The van der Waals surface area contributed by atoms with Crippen LogP contribution in [0.4, 0.5) is 0 Å². The lowest BCUT2D eigenvalue weighted by Gasteiger charge is -2.08. The van der Waals surface area contributed by atoms with Crippen LogP contribution in [0.3, 0.4) is 0 Å². The summed E-state index contributed by atoms with van der Waals surface area (Å²) in [6, 6.07) is 9.37. The van der Waals surface area contributed by atoms with Crippen molar-refractivity contribution in [1.82, 2.24) is 19.1 Å². The van der Waals surface area contributed by atoms with Crippen molar-refractivity contribution >= 4 is 11.2 Å². The fourth-order valence-corrected chi connectivity index (χ4v) is 2.23. The molecular weight excluding hydrogens is 308 g/mol. The molecule has 0 saturated heterocycles. The molecule has 0 aliphatic carbocycles. The maximum Gasteiger partial charge on any atom is 0.332 e. The maximum absolute atomic E-state index is 12.2. The Labute approximate surface area is 137 Å². The van der Waals surface area contributed by atoms with Crippen molar-refractivity contribution in [2.75, 3.05) is 7.11 Å². The summed E-state index contributed by atoms with van der Waals surface area (Å²) in [5.74, 6) is 5.98. The summed E-state index contributed by atoms with van der Waals surface area (Å²) < 4.78 is 7.43. The molecule has 7 heteroatoms. The van der Waals surface area contributed by atoms with Gasteiger partial charge in [0.05, 0.1) is 7.11 Å². The van der Waals surface area contributed by atoms with Crippen LogP contribution in [-0.2, 0) is 14.1 Å². The zero-order chi connectivity index (χ0) is 17.3. The quantitative estimate of drug-likeness (QED) is 0.607. The number of rotatable bonds is 1. The fraction of sp³-hybridized carbons (Fsp3) is 0.176. The van der Waals surface area contributed by atoms with Gasteiger partial charge in [-0.3, -0.25) is 13.9 Å². The number of aryl methyl sites for hydroxylation is 1. The van der Waals surface area contributed by atoms with Gasteiger partial charge in [0.1, 0.15) is 0 Å². The first-order valence-electron chi connectivity index (χ1n) is 7.11. The van der Waals surface area contributed by atoms with E-state index in [9.17, 15) is 9.59 Å². The number of hydrogen-bond acceptors (Lipinski definition) is 5. The van der Waals surface area contributed by atoms with E-state index >= 15 is 0 Å². The zero-order valence-corrected chi connectivity index (χ0v) is 13.4. The van der Waals surface area contributed by atoms with Crippen LogP contribution in [0.2, 0.25) is 0 Å². The Balaban J connectivity index is 2.28. The predicted molar refractivity (Wildman–Crippen MR) is 89.0 cm³/mol. The van der Waals surface area contributed by atoms with E-state index in [1.54, 1.807) is 0 Å². The lowest BCUT2D eigenvalue weighted by atomic mass is 10.2. The number of hydrogen-bond donors (Lipinski definition) is 0. The van der Waals surface area contributed by atoms with Gasteiger partial charge in [0.2, 0.25) is 5.88 Å². The Kier molecular flexibility index (Phi) is 3.88. The van der Waals surface area contributed by atoms with Crippen molar-refractivity contribution in [1.29, 1.82) is 0 Å². The topological polar surface area (TPSA) is 79.0 Å². The molecule has 120 valence electrons. The second kappa shape index (κ2) is 6.01. The van der Waals surface area contributed by atoms with Gasteiger partial charge in [-0.1, -0.05) is 24.1 Å². The third-order valence-electron chi connectivity index (χ3n) is 3.54. The van der Waals surface area contributed by atoms with Crippen LogP contribution < -0.4 is 16.0 Å². The first-order valence-corrected chi connectivity index (χ1v) is 7.11. The van der Waals surface area contributed by atoms with Gasteiger partial charge in [-0.25, -0.2) is 14.8 Å². The number of aromatic nitrogens is 4. The normalized spacial score (nSPS) is 10.3.